The Morgan fingerprint density at radius 2 is 0.371 bits per heavy atom. The van der Waals surface area contributed by atoms with E-state index < -0.39 is 31.7 Å². The first kappa shape index (κ1) is 64.9. The van der Waals surface area contributed by atoms with Crippen LogP contribution in [0.4, 0.5) is 0 Å². The third-order valence-corrected chi connectivity index (χ3v) is 22.9. The Labute approximate surface area is 476 Å². The molecule has 372 valence electrons. The van der Waals surface area contributed by atoms with Gasteiger partial charge in [0, 0.05) is 28.2 Å². The SMILES string of the molecule is CN(C)C=O.CN(C)C=O.[Au+].[Au+].[Br-].[Br-].c1ccc([PH+](CC[PH+](c2ccccc2)c2ccccc2)c2ccccc2)cc1.c1ccc([PH+](CC[PH+](c2ccccc2)c2ccccc2)c2ccccc2)cc1. The monoisotopic (exact) mass is 1500 g/mol. The average molecular weight is 1500 g/mol. The molecule has 0 saturated carbocycles. The molecule has 2 amide bonds. The maximum Gasteiger partial charge on any atom is 1.00 e. The minimum Gasteiger partial charge on any atom is -1.00 e. The number of carbonyl (C=O) groups is 2. The molecule has 0 fully saturated rings. The summed E-state index contributed by atoms with van der Waals surface area (Å²) in [6.07, 6.45) is 6.54. The molecule has 12 heteroatoms. The maximum absolute atomic E-state index is 9.43. The van der Waals surface area contributed by atoms with Crippen LogP contribution in [0.1, 0.15) is 0 Å². The van der Waals surface area contributed by atoms with Crippen molar-refractivity contribution in [2.24, 2.45) is 0 Å². The molecule has 0 N–H and O–H groups in total. The van der Waals surface area contributed by atoms with Crippen LogP contribution in [0.25, 0.3) is 0 Å². The topological polar surface area (TPSA) is 40.6 Å². The van der Waals surface area contributed by atoms with Crippen molar-refractivity contribution in [3.63, 3.8) is 0 Å². The van der Waals surface area contributed by atoms with Gasteiger partial charge in [0.15, 0.2) is 0 Å². The molecule has 0 aliphatic heterocycles. The second kappa shape index (κ2) is 38.5. The molecule has 0 spiro atoms. The molecule has 0 unspecified atom stereocenters. The first-order chi connectivity index (χ1) is 32.4. The van der Waals surface area contributed by atoms with Crippen LogP contribution in [-0.4, -0.2) is 75.5 Å². The number of hydrogen-bond acceptors (Lipinski definition) is 2. The van der Waals surface area contributed by atoms with Gasteiger partial charge in [-0.1, -0.05) is 146 Å². The molecule has 8 aromatic rings. The van der Waals surface area contributed by atoms with E-state index in [1.54, 1.807) is 28.2 Å². The number of hydrogen-bond donors (Lipinski definition) is 0. The fraction of sp³-hybridized carbons (Fsp3) is 0.138. The fourth-order valence-corrected chi connectivity index (χ4v) is 19.8. The van der Waals surface area contributed by atoms with E-state index in [1.165, 1.54) is 76.9 Å². The molecule has 70 heavy (non-hydrogen) atoms. The molecule has 0 radical (unpaired) electrons. The third kappa shape index (κ3) is 23.2. The van der Waals surface area contributed by atoms with Crippen molar-refractivity contribution in [1.82, 2.24) is 9.80 Å². The number of nitrogens with zero attached hydrogens (tertiary/aromatic N) is 2. The molecule has 0 bridgehead atoms. The molecule has 4 nitrogen and oxygen atoms in total. The predicted molar refractivity (Wildman–Crippen MR) is 301 cm³/mol. The Balaban J connectivity index is 0.000000560. The van der Waals surface area contributed by atoms with Gasteiger partial charge in [0.05, 0.1) is 74.1 Å². The molecule has 8 rings (SSSR count). The van der Waals surface area contributed by atoms with Crippen LogP contribution in [-0.2, 0) is 54.3 Å². The van der Waals surface area contributed by atoms with Gasteiger partial charge in [0.25, 0.3) is 0 Å². The zero-order chi connectivity index (χ0) is 46.6. The van der Waals surface area contributed by atoms with Gasteiger partial charge in [-0.15, -0.1) is 0 Å². The summed E-state index contributed by atoms with van der Waals surface area (Å²) in [4.78, 5) is 21.8. The molecular weight excluding hydrogens is 1430 g/mol. The van der Waals surface area contributed by atoms with E-state index in [0.717, 1.165) is 12.8 Å². The average Bonchev–Trinajstić information content (AvgIpc) is 3.39. The zero-order valence-corrected chi connectivity index (χ0v) is 51.7. The molecule has 0 aliphatic carbocycles. The van der Waals surface area contributed by atoms with Crippen LogP contribution >= 0.6 is 31.7 Å². The van der Waals surface area contributed by atoms with Gasteiger partial charge in [-0.2, -0.15) is 0 Å². The van der Waals surface area contributed by atoms with Crippen LogP contribution in [0.3, 0.4) is 0 Å². The first-order valence-corrected chi connectivity index (χ1v) is 29.3. The molecule has 0 aliphatic rings. The van der Waals surface area contributed by atoms with Crippen LogP contribution in [0.2, 0.25) is 0 Å². The molecular formula is C58H66Au2Br2N2O2P4+4. The van der Waals surface area contributed by atoms with E-state index in [2.05, 4.69) is 243 Å². The summed E-state index contributed by atoms with van der Waals surface area (Å²) in [7, 11) is 3.62. The van der Waals surface area contributed by atoms with E-state index in [0.29, 0.717) is 0 Å². The van der Waals surface area contributed by atoms with E-state index in [9.17, 15) is 9.59 Å². The molecule has 0 heterocycles. The summed E-state index contributed by atoms with van der Waals surface area (Å²) in [5, 5.41) is 12.1. The second-order valence-corrected chi connectivity index (χ2v) is 26.4. The molecule has 0 atom stereocenters. The number of amides is 2. The number of rotatable bonds is 16. The van der Waals surface area contributed by atoms with Gasteiger partial charge < -0.3 is 43.8 Å². The summed E-state index contributed by atoms with van der Waals surface area (Å²) in [6.45, 7) is 0. The van der Waals surface area contributed by atoms with Crippen molar-refractivity contribution in [3.05, 3.63) is 243 Å². The Morgan fingerprint density at radius 3 is 0.457 bits per heavy atom. The van der Waals surface area contributed by atoms with Gasteiger partial charge >= 0.3 is 44.8 Å². The third-order valence-electron chi connectivity index (χ3n) is 10.6. The second-order valence-electron chi connectivity index (χ2n) is 16.0. The summed E-state index contributed by atoms with van der Waals surface area (Å²) in [5.74, 6) is 0. The zero-order valence-electron chi connectivity index (χ0n) is 40.1. The predicted octanol–water partition coefficient (Wildman–Crippen LogP) is 2.85. The quantitative estimate of drug-likeness (QED) is 0.0851. The Bertz CT molecular complexity index is 2000. The standard InChI is InChI=1S/2C26H24P2.2C3H7NO.2Au.2BrH/c2*1-5-13-23(14-6-1)27(24-15-7-2-8-16-24)21-22-28(25-17-9-3-10-18-25)26-19-11-4-12-20-26;2*1-4(2)3-5;;;;/h2*1-20H,21-22H2;2*3H,1-2H3;;;2*1H/q;;;;2*+1;;/p+2. The maximum atomic E-state index is 9.43. The van der Waals surface area contributed by atoms with E-state index in [4.69, 9.17) is 0 Å². The van der Waals surface area contributed by atoms with Gasteiger partial charge in [0.2, 0.25) is 12.8 Å². The number of benzene rings is 8. The van der Waals surface area contributed by atoms with Gasteiger partial charge in [-0.3, -0.25) is 9.59 Å². The molecule has 0 saturated heterocycles. The summed E-state index contributed by atoms with van der Waals surface area (Å²) in [6, 6.07) is 89.0. The van der Waals surface area contributed by atoms with Gasteiger partial charge in [0.1, 0.15) is 24.6 Å². The summed E-state index contributed by atoms with van der Waals surface area (Å²) in [5.41, 5.74) is 0. The van der Waals surface area contributed by atoms with Crippen molar-refractivity contribution in [3.8, 4) is 0 Å². The number of halogens is 2. The minimum atomic E-state index is -0.783. The smallest absolute Gasteiger partial charge is 1.00 e. The normalized spacial score (nSPS) is 9.83. The Hall–Kier alpha value is -3.14. The Morgan fingerprint density at radius 1 is 0.271 bits per heavy atom. The van der Waals surface area contributed by atoms with Crippen molar-refractivity contribution >= 4 is 86.9 Å². The van der Waals surface area contributed by atoms with Crippen molar-refractivity contribution in [2.45, 2.75) is 0 Å². The van der Waals surface area contributed by atoms with E-state index in [-0.39, 0.29) is 78.7 Å². The molecule has 8 aromatic carbocycles. The Kier molecular flexibility index (Phi) is 35.7. The van der Waals surface area contributed by atoms with E-state index in [1.807, 2.05) is 0 Å². The largest absolute Gasteiger partial charge is 1.00 e. The molecule has 0 aromatic heterocycles. The number of carbonyl (C=O) groups excluding carboxylic acids is 2. The van der Waals surface area contributed by atoms with Crippen molar-refractivity contribution in [1.29, 1.82) is 0 Å². The minimum absolute atomic E-state index is 0. The first-order valence-electron chi connectivity index (χ1n) is 22.5. The van der Waals surface area contributed by atoms with Crippen LogP contribution in [0, 0.1) is 0 Å². The van der Waals surface area contributed by atoms with Gasteiger partial charge in [-0.05, 0) is 97.1 Å². The van der Waals surface area contributed by atoms with Gasteiger partial charge in [-0.25, -0.2) is 0 Å². The van der Waals surface area contributed by atoms with Crippen molar-refractivity contribution in [2.75, 3.05) is 52.8 Å². The fourth-order valence-electron chi connectivity index (χ4n) is 7.44. The summed E-state index contributed by atoms with van der Waals surface area (Å²) >= 11 is 0. The van der Waals surface area contributed by atoms with Crippen LogP contribution in [0.5, 0.6) is 0 Å². The van der Waals surface area contributed by atoms with E-state index >= 15 is 0 Å². The summed E-state index contributed by atoms with van der Waals surface area (Å²) < 4.78 is 0. The van der Waals surface area contributed by atoms with Crippen LogP contribution in [0.15, 0.2) is 243 Å². The van der Waals surface area contributed by atoms with Crippen molar-refractivity contribution < 1.29 is 88.3 Å². The van der Waals surface area contributed by atoms with Crippen LogP contribution < -0.4 is 76.4 Å².